The van der Waals surface area contributed by atoms with Crippen molar-refractivity contribution in [1.29, 1.82) is 5.26 Å². The Kier molecular flexibility index (Phi) is 5.33. The first-order chi connectivity index (χ1) is 9.04. The average molecular weight is 269 g/mol. The number of ether oxygens (including phenoxy) is 1. The molecule has 7 heteroatoms. The molecule has 0 saturated carbocycles. The predicted molar refractivity (Wildman–Crippen MR) is 62.1 cm³/mol. The summed E-state index contributed by atoms with van der Waals surface area (Å²) in [6.45, 7) is 1.61. The van der Waals surface area contributed by atoms with Crippen molar-refractivity contribution in [2.75, 3.05) is 6.61 Å². The zero-order valence-corrected chi connectivity index (χ0v) is 10.3. The molecule has 0 saturated heterocycles. The number of esters is 1. The average Bonchev–Trinajstić information content (AvgIpc) is 2.37. The first-order valence-electron chi connectivity index (χ1n) is 5.59. The Hall–Kier alpha value is -2.07. The van der Waals surface area contributed by atoms with Crippen molar-refractivity contribution >= 4 is 5.97 Å². The summed E-state index contributed by atoms with van der Waals surface area (Å²) in [5.74, 6) is -0.570. The van der Waals surface area contributed by atoms with Crippen LogP contribution in [0.1, 0.15) is 35.7 Å². The first kappa shape index (κ1) is 15.0. The maximum Gasteiger partial charge on any atom is 0.311 e. The summed E-state index contributed by atoms with van der Waals surface area (Å²) in [6.07, 6.45) is -2.06. The van der Waals surface area contributed by atoms with Crippen LogP contribution in [0.15, 0.2) is 6.20 Å². The largest absolute Gasteiger partial charge is 0.466 e. The van der Waals surface area contributed by atoms with Gasteiger partial charge in [-0.25, -0.2) is 8.78 Å². The summed E-state index contributed by atoms with van der Waals surface area (Å²) in [6, 6.07) is 1.77. The van der Waals surface area contributed by atoms with Gasteiger partial charge in [0.2, 0.25) is 0 Å². The molecule has 0 radical (unpaired) electrons. The molecule has 0 aliphatic carbocycles. The third kappa shape index (κ3) is 3.45. The van der Waals surface area contributed by atoms with Gasteiger partial charge in [0, 0.05) is 18.3 Å². The van der Waals surface area contributed by atoms with Gasteiger partial charge < -0.3 is 10.5 Å². The van der Waals surface area contributed by atoms with Crippen molar-refractivity contribution in [3.8, 4) is 6.07 Å². The molecule has 5 nitrogen and oxygen atoms in total. The van der Waals surface area contributed by atoms with E-state index in [4.69, 9.17) is 15.7 Å². The molecule has 0 aromatic carbocycles. The minimum Gasteiger partial charge on any atom is -0.466 e. The topological polar surface area (TPSA) is 89.0 Å². The minimum atomic E-state index is -2.77. The SMILES string of the molecule is CCOC(=O)Cc1ncc(C(F)F)c(CN)c1C#N. The lowest BCUT2D eigenvalue weighted by atomic mass is 10.0. The van der Waals surface area contributed by atoms with Crippen LogP contribution in [-0.4, -0.2) is 17.6 Å². The minimum absolute atomic E-state index is 0.0202. The lowest BCUT2D eigenvalue weighted by Gasteiger charge is -2.11. The number of hydrogen-bond acceptors (Lipinski definition) is 5. The fourth-order valence-corrected chi connectivity index (χ4v) is 1.63. The lowest BCUT2D eigenvalue weighted by Crippen LogP contribution is -2.14. The van der Waals surface area contributed by atoms with E-state index in [0.29, 0.717) is 0 Å². The van der Waals surface area contributed by atoms with Crippen LogP contribution in [0.5, 0.6) is 0 Å². The van der Waals surface area contributed by atoms with Crippen LogP contribution >= 0.6 is 0 Å². The highest BCUT2D eigenvalue weighted by atomic mass is 19.3. The molecule has 0 bridgehead atoms. The zero-order valence-electron chi connectivity index (χ0n) is 10.3. The Morgan fingerprint density at radius 1 is 1.63 bits per heavy atom. The van der Waals surface area contributed by atoms with Gasteiger partial charge in [-0.15, -0.1) is 0 Å². The van der Waals surface area contributed by atoms with Crippen LogP contribution in [0.3, 0.4) is 0 Å². The molecule has 0 atom stereocenters. The molecule has 0 unspecified atom stereocenters. The normalized spacial score (nSPS) is 10.3. The Morgan fingerprint density at radius 3 is 2.79 bits per heavy atom. The van der Waals surface area contributed by atoms with Gasteiger partial charge in [0.1, 0.15) is 6.07 Å². The number of hydrogen-bond donors (Lipinski definition) is 1. The van der Waals surface area contributed by atoms with Gasteiger partial charge in [-0.2, -0.15) is 5.26 Å². The molecule has 0 spiro atoms. The number of rotatable bonds is 5. The summed E-state index contributed by atoms with van der Waals surface area (Å²) in [7, 11) is 0. The number of carbonyl (C=O) groups is 1. The number of carbonyl (C=O) groups excluding carboxylic acids is 1. The van der Waals surface area contributed by atoms with Crippen molar-refractivity contribution < 1.29 is 18.3 Å². The Labute approximate surface area is 109 Å². The molecule has 19 heavy (non-hydrogen) atoms. The predicted octanol–water partition coefficient (Wildman–Crippen LogP) is 1.46. The third-order valence-corrected chi connectivity index (χ3v) is 2.47. The number of alkyl halides is 2. The molecule has 0 fully saturated rings. The molecule has 1 aromatic rings. The standard InChI is InChI=1S/C12H13F2N3O2/c1-2-19-11(18)3-10-8(5-16)7(4-15)9(6-17-10)12(13)14/h6,12H,2-4,15H2,1H3. The van der Waals surface area contributed by atoms with E-state index < -0.39 is 12.4 Å². The summed E-state index contributed by atoms with van der Waals surface area (Å²) in [5, 5.41) is 9.04. The van der Waals surface area contributed by atoms with Crippen LogP contribution < -0.4 is 5.73 Å². The Bertz CT molecular complexity index is 512. The maximum atomic E-state index is 12.7. The number of nitrogens with two attached hydrogens (primary N) is 1. The second-order valence-corrected chi connectivity index (χ2v) is 3.61. The molecule has 1 heterocycles. The third-order valence-electron chi connectivity index (χ3n) is 2.47. The quantitative estimate of drug-likeness (QED) is 0.817. The molecular formula is C12H13F2N3O2. The maximum absolute atomic E-state index is 12.7. The second kappa shape index (κ2) is 6.75. The van der Waals surface area contributed by atoms with Crippen LogP contribution in [0.4, 0.5) is 8.78 Å². The van der Waals surface area contributed by atoms with E-state index in [1.165, 1.54) is 0 Å². The smallest absolute Gasteiger partial charge is 0.311 e. The van der Waals surface area contributed by atoms with E-state index in [2.05, 4.69) is 4.98 Å². The molecule has 102 valence electrons. The molecule has 0 aliphatic heterocycles. The van der Waals surface area contributed by atoms with Crippen molar-refractivity contribution in [3.63, 3.8) is 0 Å². The van der Waals surface area contributed by atoms with E-state index in [-0.39, 0.29) is 42.0 Å². The van der Waals surface area contributed by atoms with E-state index in [1.54, 1.807) is 13.0 Å². The molecule has 0 amide bonds. The monoisotopic (exact) mass is 269 g/mol. The summed E-state index contributed by atoms with van der Waals surface area (Å²) in [5.41, 5.74) is 5.06. The van der Waals surface area contributed by atoms with Gasteiger partial charge >= 0.3 is 5.97 Å². The van der Waals surface area contributed by atoms with Crippen molar-refractivity contribution in [3.05, 3.63) is 28.6 Å². The summed E-state index contributed by atoms with van der Waals surface area (Å²) in [4.78, 5) is 15.1. The van der Waals surface area contributed by atoms with Crippen molar-refractivity contribution in [1.82, 2.24) is 4.98 Å². The van der Waals surface area contributed by atoms with Crippen molar-refractivity contribution in [2.45, 2.75) is 26.3 Å². The van der Waals surface area contributed by atoms with E-state index in [0.717, 1.165) is 6.20 Å². The molecule has 1 rings (SSSR count). The number of halogens is 2. The van der Waals surface area contributed by atoms with Crippen LogP contribution in [0.25, 0.3) is 0 Å². The highest BCUT2D eigenvalue weighted by molar-refractivity contribution is 5.73. The van der Waals surface area contributed by atoms with E-state index >= 15 is 0 Å². The highest BCUT2D eigenvalue weighted by Gasteiger charge is 2.20. The van der Waals surface area contributed by atoms with Gasteiger partial charge in [-0.3, -0.25) is 9.78 Å². The Morgan fingerprint density at radius 2 is 2.32 bits per heavy atom. The fourth-order valence-electron chi connectivity index (χ4n) is 1.63. The Balaban J connectivity index is 3.21. The van der Waals surface area contributed by atoms with Gasteiger partial charge in [0.25, 0.3) is 6.43 Å². The molecule has 1 aromatic heterocycles. The van der Waals surface area contributed by atoms with Gasteiger partial charge in [-0.05, 0) is 12.5 Å². The van der Waals surface area contributed by atoms with Gasteiger partial charge in [0.15, 0.2) is 0 Å². The second-order valence-electron chi connectivity index (χ2n) is 3.61. The van der Waals surface area contributed by atoms with Gasteiger partial charge in [0.05, 0.1) is 24.3 Å². The van der Waals surface area contributed by atoms with E-state index in [9.17, 15) is 13.6 Å². The lowest BCUT2D eigenvalue weighted by molar-refractivity contribution is -0.142. The molecule has 2 N–H and O–H groups in total. The summed E-state index contributed by atoms with van der Waals surface area (Å²) >= 11 is 0. The first-order valence-corrected chi connectivity index (χ1v) is 5.59. The van der Waals surface area contributed by atoms with Crippen LogP contribution in [0, 0.1) is 11.3 Å². The number of nitrogens with zero attached hydrogens (tertiary/aromatic N) is 2. The molecular weight excluding hydrogens is 256 g/mol. The highest BCUT2D eigenvalue weighted by Crippen LogP contribution is 2.26. The van der Waals surface area contributed by atoms with Crippen LogP contribution in [-0.2, 0) is 22.5 Å². The zero-order chi connectivity index (χ0) is 14.4. The summed E-state index contributed by atoms with van der Waals surface area (Å²) < 4.78 is 30.2. The van der Waals surface area contributed by atoms with Crippen LogP contribution in [0.2, 0.25) is 0 Å². The molecule has 0 aliphatic rings. The fraction of sp³-hybridized carbons (Fsp3) is 0.417. The number of pyridine rings is 1. The van der Waals surface area contributed by atoms with Crippen molar-refractivity contribution in [2.24, 2.45) is 5.73 Å². The number of nitriles is 1. The van der Waals surface area contributed by atoms with Gasteiger partial charge in [-0.1, -0.05) is 0 Å². The van der Waals surface area contributed by atoms with E-state index in [1.807, 2.05) is 0 Å². The number of aromatic nitrogens is 1.